The van der Waals surface area contributed by atoms with Crippen molar-refractivity contribution in [3.8, 4) is 17.6 Å². The number of aromatic nitrogens is 2. The van der Waals surface area contributed by atoms with Crippen LogP contribution in [0.5, 0.6) is 11.5 Å². The van der Waals surface area contributed by atoms with E-state index >= 15 is 0 Å². The van der Waals surface area contributed by atoms with E-state index in [4.69, 9.17) is 21.1 Å². The number of anilines is 1. The van der Waals surface area contributed by atoms with Gasteiger partial charge < -0.3 is 9.47 Å². The van der Waals surface area contributed by atoms with Gasteiger partial charge in [0.1, 0.15) is 36.4 Å². The standard InChI is InChI=1S/C22H19ClN4O5S2/c1-14-4-3-5-17(10-14)31-8-9-32-19-7-6-15(12-18(19)23)11-16(13-24)20(28)25-21-26-22(27-33-21)34(2,29)30/h3-7,10-12H,8-9H2,1-2H3,(H,25,26,27,28). The molecule has 3 rings (SSSR count). The number of carbonyl (C=O) groups excluding carboxylic acids is 1. The SMILES string of the molecule is Cc1cccc(OCCOc2ccc(C=C(C#N)C(=O)Nc3nc(S(C)(=O)=O)ns3)cc2Cl)c1. The molecule has 2 aromatic carbocycles. The van der Waals surface area contributed by atoms with Crippen molar-refractivity contribution in [1.82, 2.24) is 9.36 Å². The molecule has 1 heterocycles. The molecule has 0 bridgehead atoms. The summed E-state index contributed by atoms with van der Waals surface area (Å²) in [5, 5.41) is 11.6. The van der Waals surface area contributed by atoms with Crippen LogP contribution in [0.1, 0.15) is 11.1 Å². The minimum absolute atomic E-state index is 0.0405. The Hall–Kier alpha value is -3.46. The number of nitrogens with one attached hydrogen (secondary N) is 1. The first-order valence-electron chi connectivity index (χ1n) is 9.74. The molecule has 0 saturated heterocycles. The van der Waals surface area contributed by atoms with Gasteiger partial charge in [-0.2, -0.15) is 14.6 Å². The van der Waals surface area contributed by atoms with Crippen molar-refractivity contribution >= 4 is 50.1 Å². The van der Waals surface area contributed by atoms with Crippen molar-refractivity contribution in [2.75, 3.05) is 24.8 Å². The number of ether oxygens (including phenoxy) is 2. The molecule has 1 amide bonds. The maximum Gasteiger partial charge on any atom is 0.268 e. The van der Waals surface area contributed by atoms with Crippen molar-refractivity contribution in [1.29, 1.82) is 5.26 Å². The second-order valence-corrected chi connectivity index (χ2v) is 10.1. The number of hydrogen-bond donors (Lipinski definition) is 1. The van der Waals surface area contributed by atoms with Gasteiger partial charge in [0.05, 0.1) is 5.02 Å². The zero-order chi connectivity index (χ0) is 24.7. The number of hydrogen-bond acceptors (Lipinski definition) is 9. The highest BCUT2D eigenvalue weighted by molar-refractivity contribution is 7.90. The van der Waals surface area contributed by atoms with Crippen LogP contribution in [0.15, 0.2) is 53.2 Å². The average molecular weight is 519 g/mol. The summed E-state index contributed by atoms with van der Waals surface area (Å²) in [7, 11) is -3.60. The molecule has 176 valence electrons. The fourth-order valence-corrected chi connectivity index (χ4v) is 4.31. The van der Waals surface area contributed by atoms with Gasteiger partial charge in [0.15, 0.2) is 0 Å². The summed E-state index contributed by atoms with van der Waals surface area (Å²) in [4.78, 5) is 16.1. The van der Waals surface area contributed by atoms with Crippen LogP contribution in [0.25, 0.3) is 6.08 Å². The quantitative estimate of drug-likeness (QED) is 0.256. The maximum atomic E-state index is 12.4. The highest BCUT2D eigenvalue weighted by atomic mass is 35.5. The topological polar surface area (TPSA) is 131 Å². The van der Waals surface area contributed by atoms with Gasteiger partial charge >= 0.3 is 0 Å². The number of nitriles is 1. The van der Waals surface area contributed by atoms with Crippen molar-refractivity contribution in [2.45, 2.75) is 12.1 Å². The van der Waals surface area contributed by atoms with E-state index < -0.39 is 20.9 Å². The molecule has 34 heavy (non-hydrogen) atoms. The number of halogens is 1. The molecule has 3 aromatic rings. The first-order valence-corrected chi connectivity index (χ1v) is 12.8. The van der Waals surface area contributed by atoms with Crippen molar-refractivity contribution in [3.63, 3.8) is 0 Å². The molecule has 0 spiro atoms. The Kier molecular flexibility index (Phi) is 8.22. The van der Waals surface area contributed by atoms with Gasteiger partial charge in [0.2, 0.25) is 15.0 Å². The third kappa shape index (κ3) is 7.02. The predicted octanol–water partition coefficient (Wildman–Crippen LogP) is 3.91. The normalized spacial score (nSPS) is 11.5. The lowest BCUT2D eigenvalue weighted by Gasteiger charge is -2.10. The number of aryl methyl sites for hydroxylation is 1. The molecular weight excluding hydrogens is 500 g/mol. The van der Waals surface area contributed by atoms with Crippen LogP contribution in [0.4, 0.5) is 5.13 Å². The number of carbonyl (C=O) groups is 1. The number of nitrogens with zero attached hydrogens (tertiary/aromatic N) is 3. The summed E-state index contributed by atoms with van der Waals surface area (Å²) in [5.41, 5.74) is 1.36. The summed E-state index contributed by atoms with van der Waals surface area (Å²) >= 11 is 6.97. The lowest BCUT2D eigenvalue weighted by atomic mass is 10.1. The van der Waals surface area contributed by atoms with Gasteiger partial charge in [-0.3, -0.25) is 10.1 Å². The largest absolute Gasteiger partial charge is 0.490 e. The van der Waals surface area contributed by atoms with E-state index in [0.717, 1.165) is 17.6 Å². The minimum Gasteiger partial charge on any atom is -0.490 e. The molecule has 0 aliphatic rings. The summed E-state index contributed by atoms with van der Waals surface area (Å²) in [6, 6.07) is 14.3. The Morgan fingerprint density at radius 1 is 1.24 bits per heavy atom. The Morgan fingerprint density at radius 2 is 2.00 bits per heavy atom. The molecule has 1 aromatic heterocycles. The predicted molar refractivity (Wildman–Crippen MR) is 129 cm³/mol. The van der Waals surface area contributed by atoms with E-state index in [0.29, 0.717) is 34.5 Å². The van der Waals surface area contributed by atoms with Crippen LogP contribution in [0.2, 0.25) is 5.02 Å². The van der Waals surface area contributed by atoms with Crippen LogP contribution < -0.4 is 14.8 Å². The molecule has 0 aliphatic carbocycles. The lowest BCUT2D eigenvalue weighted by molar-refractivity contribution is -0.112. The summed E-state index contributed by atoms with van der Waals surface area (Å²) in [6.45, 7) is 2.57. The highest BCUT2D eigenvalue weighted by Gasteiger charge is 2.17. The van der Waals surface area contributed by atoms with E-state index in [1.807, 2.05) is 31.2 Å². The third-order valence-corrected chi connectivity index (χ3v) is 6.08. The smallest absolute Gasteiger partial charge is 0.268 e. The fraction of sp³-hybridized carbons (Fsp3) is 0.182. The monoisotopic (exact) mass is 518 g/mol. The molecule has 0 atom stereocenters. The number of amides is 1. The molecule has 0 saturated carbocycles. The molecule has 0 fully saturated rings. The van der Waals surface area contributed by atoms with Crippen LogP contribution in [0, 0.1) is 18.3 Å². The van der Waals surface area contributed by atoms with Crippen molar-refractivity contribution in [3.05, 3.63) is 64.2 Å². The summed E-state index contributed by atoms with van der Waals surface area (Å²) in [5.74, 6) is 0.416. The van der Waals surface area contributed by atoms with Gasteiger partial charge in [-0.25, -0.2) is 8.42 Å². The minimum atomic E-state index is -3.60. The zero-order valence-electron chi connectivity index (χ0n) is 18.1. The second-order valence-electron chi connectivity index (χ2n) is 6.98. The van der Waals surface area contributed by atoms with E-state index in [1.165, 1.54) is 6.08 Å². The third-order valence-electron chi connectivity index (χ3n) is 4.19. The molecule has 12 heteroatoms. The van der Waals surface area contributed by atoms with Crippen LogP contribution >= 0.6 is 23.1 Å². The first kappa shape index (κ1) is 25.2. The Balaban J connectivity index is 1.60. The van der Waals surface area contributed by atoms with E-state index in [2.05, 4.69) is 14.7 Å². The van der Waals surface area contributed by atoms with Crippen molar-refractivity contribution < 1.29 is 22.7 Å². The number of benzene rings is 2. The van der Waals surface area contributed by atoms with Gasteiger partial charge in [-0.1, -0.05) is 29.8 Å². The van der Waals surface area contributed by atoms with Crippen molar-refractivity contribution in [2.24, 2.45) is 0 Å². The van der Waals surface area contributed by atoms with E-state index in [9.17, 15) is 18.5 Å². The Morgan fingerprint density at radius 3 is 2.65 bits per heavy atom. The van der Waals surface area contributed by atoms with Crippen LogP contribution in [-0.4, -0.2) is 43.2 Å². The molecule has 0 unspecified atom stereocenters. The fourth-order valence-electron chi connectivity index (χ4n) is 2.63. The van der Waals surface area contributed by atoms with Gasteiger partial charge in [-0.15, -0.1) is 0 Å². The zero-order valence-corrected chi connectivity index (χ0v) is 20.5. The van der Waals surface area contributed by atoms with Crippen LogP contribution in [-0.2, 0) is 14.6 Å². The second kappa shape index (κ2) is 11.1. The highest BCUT2D eigenvalue weighted by Crippen LogP contribution is 2.27. The molecular formula is C22H19ClN4O5S2. The Labute approximate surface area is 205 Å². The molecule has 0 aliphatic heterocycles. The van der Waals surface area contributed by atoms with Crippen LogP contribution in [0.3, 0.4) is 0 Å². The van der Waals surface area contributed by atoms with Gasteiger partial charge in [0.25, 0.3) is 11.1 Å². The van der Waals surface area contributed by atoms with Gasteiger partial charge in [0, 0.05) is 17.8 Å². The Bertz CT molecular complexity index is 1380. The summed E-state index contributed by atoms with van der Waals surface area (Å²) < 4.78 is 37.9. The first-order chi connectivity index (χ1) is 16.2. The molecule has 0 radical (unpaired) electrons. The summed E-state index contributed by atoms with van der Waals surface area (Å²) in [6.07, 6.45) is 2.29. The lowest BCUT2D eigenvalue weighted by Crippen LogP contribution is -2.13. The number of rotatable bonds is 9. The van der Waals surface area contributed by atoms with Gasteiger partial charge in [-0.05, 0) is 48.4 Å². The number of sulfone groups is 1. The van der Waals surface area contributed by atoms with E-state index in [1.54, 1.807) is 24.3 Å². The van der Waals surface area contributed by atoms with E-state index in [-0.39, 0.29) is 17.3 Å². The average Bonchev–Trinajstić information content (AvgIpc) is 3.25. The molecule has 9 nitrogen and oxygen atoms in total. The maximum absolute atomic E-state index is 12.4. The molecule has 1 N–H and O–H groups in total.